The molecule has 1 aliphatic heterocycles. The molecule has 1 aliphatic carbocycles. The predicted molar refractivity (Wildman–Crippen MR) is 68.9 cm³/mol. The molecule has 0 spiro atoms. The largest absolute Gasteiger partial charge is 0.396 e. The van der Waals surface area contributed by atoms with E-state index in [-0.39, 0.29) is 18.4 Å². The van der Waals surface area contributed by atoms with Gasteiger partial charge < -0.3 is 14.5 Å². The van der Waals surface area contributed by atoms with E-state index < -0.39 is 0 Å². The number of rotatable bonds is 2. The molecular weight excluding hydrogens is 244 g/mol. The van der Waals surface area contributed by atoms with Crippen molar-refractivity contribution in [2.75, 3.05) is 19.7 Å². The van der Waals surface area contributed by atoms with Crippen molar-refractivity contribution < 1.29 is 14.4 Å². The molecule has 19 heavy (non-hydrogen) atoms. The molecule has 2 aliphatic rings. The highest BCUT2D eigenvalue weighted by Gasteiger charge is 2.30. The lowest BCUT2D eigenvalue weighted by Crippen LogP contribution is -2.41. The standard InChI is InChI=1S/C14H20N2O3/c17-9-10-4-3-7-16(8-10)14(18)13-11-5-1-2-6-12(11)19-15-13/h10,17H,1-9H2. The molecule has 0 radical (unpaired) electrons. The van der Waals surface area contributed by atoms with Crippen LogP contribution in [0.2, 0.25) is 0 Å². The quantitative estimate of drug-likeness (QED) is 0.876. The molecule has 1 aromatic rings. The van der Waals surface area contributed by atoms with Crippen LogP contribution in [0.25, 0.3) is 0 Å². The fourth-order valence-electron chi connectivity index (χ4n) is 3.10. The minimum absolute atomic E-state index is 0.0231. The summed E-state index contributed by atoms with van der Waals surface area (Å²) in [5, 5.41) is 13.2. The van der Waals surface area contributed by atoms with Crippen molar-refractivity contribution in [3.63, 3.8) is 0 Å². The van der Waals surface area contributed by atoms with Gasteiger partial charge in [-0.2, -0.15) is 0 Å². The molecule has 5 heteroatoms. The SMILES string of the molecule is O=C(c1noc2c1CCCC2)N1CCCC(CO)C1. The number of aryl methyl sites for hydroxylation is 1. The van der Waals surface area contributed by atoms with Crippen molar-refractivity contribution in [3.05, 3.63) is 17.0 Å². The number of fused-ring (bicyclic) bond motifs is 1. The Hall–Kier alpha value is -1.36. The van der Waals surface area contributed by atoms with Crippen LogP contribution in [0.15, 0.2) is 4.52 Å². The number of likely N-dealkylation sites (tertiary alicyclic amines) is 1. The minimum atomic E-state index is -0.0231. The highest BCUT2D eigenvalue weighted by Crippen LogP contribution is 2.26. The zero-order valence-electron chi connectivity index (χ0n) is 11.1. The van der Waals surface area contributed by atoms with Gasteiger partial charge in [0.1, 0.15) is 5.76 Å². The molecule has 3 rings (SSSR count). The van der Waals surface area contributed by atoms with Crippen LogP contribution in [0.3, 0.4) is 0 Å². The summed E-state index contributed by atoms with van der Waals surface area (Å²) in [4.78, 5) is 14.3. The fourth-order valence-corrected chi connectivity index (χ4v) is 3.10. The summed E-state index contributed by atoms with van der Waals surface area (Å²) in [5.74, 6) is 1.08. The van der Waals surface area contributed by atoms with E-state index in [4.69, 9.17) is 4.52 Å². The van der Waals surface area contributed by atoms with E-state index in [1.54, 1.807) is 0 Å². The number of aliphatic hydroxyl groups excluding tert-OH is 1. The number of piperidine rings is 1. The molecule has 1 unspecified atom stereocenters. The van der Waals surface area contributed by atoms with Gasteiger partial charge in [-0.1, -0.05) is 5.16 Å². The van der Waals surface area contributed by atoms with Crippen LogP contribution in [-0.4, -0.2) is 40.8 Å². The van der Waals surface area contributed by atoms with Gasteiger partial charge in [0.05, 0.1) is 0 Å². The number of amides is 1. The third kappa shape index (κ3) is 2.39. The monoisotopic (exact) mass is 264 g/mol. The van der Waals surface area contributed by atoms with Crippen LogP contribution in [0.1, 0.15) is 47.5 Å². The Morgan fingerprint density at radius 2 is 2.21 bits per heavy atom. The van der Waals surface area contributed by atoms with E-state index in [1.807, 2.05) is 4.90 Å². The van der Waals surface area contributed by atoms with Crippen molar-refractivity contribution in [1.29, 1.82) is 0 Å². The number of hydrogen-bond donors (Lipinski definition) is 1. The van der Waals surface area contributed by atoms with Gasteiger partial charge in [-0.3, -0.25) is 4.79 Å². The summed E-state index contributed by atoms with van der Waals surface area (Å²) in [6.07, 6.45) is 5.97. The Morgan fingerprint density at radius 3 is 3.05 bits per heavy atom. The van der Waals surface area contributed by atoms with E-state index in [0.29, 0.717) is 12.2 Å². The average molecular weight is 264 g/mol. The molecule has 1 fully saturated rings. The molecule has 1 N–H and O–H groups in total. The van der Waals surface area contributed by atoms with Crippen LogP contribution >= 0.6 is 0 Å². The van der Waals surface area contributed by atoms with Gasteiger partial charge >= 0.3 is 0 Å². The van der Waals surface area contributed by atoms with Crippen molar-refractivity contribution in [2.24, 2.45) is 5.92 Å². The van der Waals surface area contributed by atoms with Crippen molar-refractivity contribution in [1.82, 2.24) is 10.1 Å². The topological polar surface area (TPSA) is 66.6 Å². The van der Waals surface area contributed by atoms with Crippen LogP contribution < -0.4 is 0 Å². The second-order valence-corrected chi connectivity index (χ2v) is 5.58. The molecule has 2 heterocycles. The second-order valence-electron chi connectivity index (χ2n) is 5.58. The first-order valence-corrected chi connectivity index (χ1v) is 7.17. The van der Waals surface area contributed by atoms with Gasteiger partial charge in [0.2, 0.25) is 0 Å². The summed E-state index contributed by atoms with van der Waals surface area (Å²) in [7, 11) is 0. The molecule has 1 atom stereocenters. The highest BCUT2D eigenvalue weighted by molar-refractivity contribution is 5.94. The van der Waals surface area contributed by atoms with Crippen molar-refractivity contribution in [3.8, 4) is 0 Å². The highest BCUT2D eigenvalue weighted by atomic mass is 16.5. The zero-order valence-corrected chi connectivity index (χ0v) is 11.1. The lowest BCUT2D eigenvalue weighted by Gasteiger charge is -2.31. The Balaban J connectivity index is 1.78. The lowest BCUT2D eigenvalue weighted by molar-refractivity contribution is 0.0610. The number of aliphatic hydroxyl groups is 1. The molecule has 0 aromatic carbocycles. The summed E-state index contributed by atoms with van der Waals surface area (Å²) < 4.78 is 5.31. The molecule has 0 saturated carbocycles. The van der Waals surface area contributed by atoms with Crippen LogP contribution in [0, 0.1) is 5.92 Å². The van der Waals surface area contributed by atoms with E-state index in [2.05, 4.69) is 5.16 Å². The maximum absolute atomic E-state index is 12.5. The number of hydrogen-bond acceptors (Lipinski definition) is 4. The number of carbonyl (C=O) groups is 1. The zero-order chi connectivity index (χ0) is 13.2. The Bertz CT molecular complexity index is 469. The third-order valence-corrected chi connectivity index (χ3v) is 4.22. The van der Waals surface area contributed by atoms with Crippen molar-refractivity contribution in [2.45, 2.75) is 38.5 Å². The normalized spacial score (nSPS) is 23.2. The van der Waals surface area contributed by atoms with Gasteiger partial charge in [-0.25, -0.2) is 0 Å². The molecule has 1 aromatic heterocycles. The molecule has 104 valence electrons. The van der Waals surface area contributed by atoms with Crippen LogP contribution in [0.5, 0.6) is 0 Å². The van der Waals surface area contributed by atoms with Gasteiger partial charge in [0.25, 0.3) is 5.91 Å². The van der Waals surface area contributed by atoms with E-state index >= 15 is 0 Å². The van der Waals surface area contributed by atoms with Gasteiger partial charge in [0.15, 0.2) is 5.69 Å². The van der Waals surface area contributed by atoms with Gasteiger partial charge in [-0.05, 0) is 38.0 Å². The third-order valence-electron chi connectivity index (χ3n) is 4.22. The maximum Gasteiger partial charge on any atom is 0.276 e. The summed E-state index contributed by atoms with van der Waals surface area (Å²) >= 11 is 0. The maximum atomic E-state index is 12.5. The Labute approximate surface area is 112 Å². The van der Waals surface area contributed by atoms with Gasteiger partial charge in [0, 0.05) is 31.7 Å². The molecular formula is C14H20N2O3. The molecule has 1 saturated heterocycles. The predicted octanol–water partition coefficient (Wildman–Crippen LogP) is 1.40. The lowest BCUT2D eigenvalue weighted by atomic mass is 9.95. The summed E-state index contributed by atoms with van der Waals surface area (Å²) in [5.41, 5.74) is 1.52. The first-order valence-electron chi connectivity index (χ1n) is 7.17. The van der Waals surface area contributed by atoms with E-state index in [9.17, 15) is 9.90 Å². The van der Waals surface area contributed by atoms with E-state index in [0.717, 1.165) is 56.4 Å². The fraction of sp³-hybridized carbons (Fsp3) is 0.714. The smallest absolute Gasteiger partial charge is 0.276 e. The minimum Gasteiger partial charge on any atom is -0.396 e. The van der Waals surface area contributed by atoms with Crippen molar-refractivity contribution >= 4 is 5.91 Å². The first-order chi connectivity index (χ1) is 9.29. The Morgan fingerprint density at radius 1 is 1.37 bits per heavy atom. The van der Waals surface area contributed by atoms with E-state index in [1.165, 1.54) is 0 Å². The first kappa shape index (κ1) is 12.7. The molecule has 0 bridgehead atoms. The molecule has 1 amide bonds. The van der Waals surface area contributed by atoms with Crippen LogP contribution in [0.4, 0.5) is 0 Å². The molecule has 5 nitrogen and oxygen atoms in total. The van der Waals surface area contributed by atoms with Crippen LogP contribution in [-0.2, 0) is 12.8 Å². The number of nitrogens with zero attached hydrogens (tertiary/aromatic N) is 2. The second kappa shape index (κ2) is 5.33. The average Bonchev–Trinajstić information content (AvgIpc) is 2.90. The number of aromatic nitrogens is 1. The number of carbonyl (C=O) groups excluding carboxylic acids is 1. The summed E-state index contributed by atoms with van der Waals surface area (Å²) in [6, 6.07) is 0. The Kier molecular flexibility index (Phi) is 3.55. The van der Waals surface area contributed by atoms with Gasteiger partial charge in [-0.15, -0.1) is 0 Å². The summed E-state index contributed by atoms with van der Waals surface area (Å²) in [6.45, 7) is 1.55.